The van der Waals surface area contributed by atoms with Gasteiger partial charge < -0.3 is 5.32 Å². The lowest BCUT2D eigenvalue weighted by Gasteiger charge is -2.22. The van der Waals surface area contributed by atoms with E-state index in [4.69, 9.17) is 23.2 Å². The maximum absolute atomic E-state index is 13.5. The Morgan fingerprint density at radius 3 is 2.27 bits per heavy atom. The first-order valence-corrected chi connectivity index (χ1v) is 13.6. The summed E-state index contributed by atoms with van der Waals surface area (Å²) in [5.74, 6) is -0.182. The van der Waals surface area contributed by atoms with E-state index in [0.717, 1.165) is 15.4 Å². The SMILES string of the molecule is Cc1ccc(S(=O)(=O)N(Cc2ccc(C(=O)NCCc3ccc(Cl)cc3Cl)cc2)c2ncccn2)cc1. The molecule has 190 valence electrons. The van der Waals surface area contributed by atoms with E-state index in [9.17, 15) is 13.2 Å². The maximum atomic E-state index is 13.5. The number of anilines is 1. The predicted octanol–water partition coefficient (Wildman–Crippen LogP) is 5.46. The van der Waals surface area contributed by atoms with Gasteiger partial charge in [-0.3, -0.25) is 4.79 Å². The van der Waals surface area contributed by atoms with Crippen LogP contribution in [0.25, 0.3) is 0 Å². The van der Waals surface area contributed by atoms with Crippen molar-refractivity contribution < 1.29 is 13.2 Å². The third-order valence-corrected chi connectivity index (χ3v) is 7.95. The third-order valence-electron chi connectivity index (χ3n) is 5.62. The molecular formula is C27H24Cl2N4O3S. The number of nitrogens with one attached hydrogen (secondary N) is 1. The van der Waals surface area contributed by atoms with Gasteiger partial charge in [0.25, 0.3) is 15.9 Å². The van der Waals surface area contributed by atoms with Gasteiger partial charge in [0.15, 0.2) is 0 Å². The molecular weight excluding hydrogens is 531 g/mol. The van der Waals surface area contributed by atoms with Crippen molar-refractivity contribution in [3.8, 4) is 0 Å². The van der Waals surface area contributed by atoms with E-state index in [1.165, 1.54) is 12.4 Å². The van der Waals surface area contributed by atoms with Gasteiger partial charge in [0.2, 0.25) is 5.95 Å². The number of benzene rings is 3. The number of hydrogen-bond acceptors (Lipinski definition) is 5. The number of halogens is 2. The summed E-state index contributed by atoms with van der Waals surface area (Å²) in [6.07, 6.45) is 3.54. The largest absolute Gasteiger partial charge is 0.352 e. The Kier molecular flexibility index (Phi) is 8.43. The zero-order valence-electron chi connectivity index (χ0n) is 19.9. The molecule has 0 saturated heterocycles. The fourth-order valence-electron chi connectivity index (χ4n) is 3.59. The summed E-state index contributed by atoms with van der Waals surface area (Å²) < 4.78 is 28.1. The number of aromatic nitrogens is 2. The molecule has 10 heteroatoms. The van der Waals surface area contributed by atoms with E-state index in [-0.39, 0.29) is 23.3 Å². The molecule has 0 aliphatic carbocycles. The molecule has 0 unspecified atom stereocenters. The van der Waals surface area contributed by atoms with Gasteiger partial charge in [0.1, 0.15) is 0 Å². The van der Waals surface area contributed by atoms with Crippen LogP contribution in [0.3, 0.4) is 0 Å². The van der Waals surface area contributed by atoms with Crippen molar-refractivity contribution in [1.82, 2.24) is 15.3 Å². The lowest BCUT2D eigenvalue weighted by molar-refractivity contribution is 0.0954. The fraction of sp³-hybridized carbons (Fsp3) is 0.148. The van der Waals surface area contributed by atoms with Gasteiger partial charge >= 0.3 is 0 Å². The fourth-order valence-corrected chi connectivity index (χ4v) is 5.45. The molecule has 0 fully saturated rings. The van der Waals surface area contributed by atoms with Crippen molar-refractivity contribution in [1.29, 1.82) is 0 Å². The minimum Gasteiger partial charge on any atom is -0.352 e. The van der Waals surface area contributed by atoms with E-state index in [2.05, 4.69) is 15.3 Å². The van der Waals surface area contributed by atoms with Crippen molar-refractivity contribution in [2.45, 2.75) is 24.8 Å². The van der Waals surface area contributed by atoms with Gasteiger partial charge in [-0.25, -0.2) is 22.7 Å². The summed E-state index contributed by atoms with van der Waals surface area (Å²) in [7, 11) is -3.93. The van der Waals surface area contributed by atoms with Gasteiger partial charge in [0.05, 0.1) is 11.4 Å². The zero-order chi connectivity index (χ0) is 26.4. The lowest BCUT2D eigenvalue weighted by Crippen LogP contribution is -2.32. The molecule has 0 aliphatic heterocycles. The molecule has 4 rings (SSSR count). The molecule has 4 aromatic rings. The zero-order valence-corrected chi connectivity index (χ0v) is 22.3. The first-order valence-electron chi connectivity index (χ1n) is 11.4. The summed E-state index contributed by atoms with van der Waals surface area (Å²) in [5.41, 5.74) is 2.97. The summed E-state index contributed by atoms with van der Waals surface area (Å²) in [6, 6.07) is 20.2. The number of hydrogen-bond donors (Lipinski definition) is 1. The summed E-state index contributed by atoms with van der Waals surface area (Å²) >= 11 is 12.1. The number of amides is 1. The van der Waals surface area contributed by atoms with Gasteiger partial charge in [-0.2, -0.15) is 0 Å². The lowest BCUT2D eigenvalue weighted by atomic mass is 10.1. The van der Waals surface area contributed by atoms with Crippen molar-refractivity contribution >= 4 is 45.1 Å². The third kappa shape index (κ3) is 6.65. The monoisotopic (exact) mass is 554 g/mol. The molecule has 0 saturated carbocycles. The van der Waals surface area contributed by atoms with Crippen LogP contribution >= 0.6 is 23.2 Å². The second-order valence-electron chi connectivity index (χ2n) is 8.31. The van der Waals surface area contributed by atoms with E-state index in [1.807, 2.05) is 13.0 Å². The number of sulfonamides is 1. The minimum absolute atomic E-state index is 0.00279. The molecule has 1 aromatic heterocycles. The first kappa shape index (κ1) is 26.6. The summed E-state index contributed by atoms with van der Waals surface area (Å²) in [4.78, 5) is 21.1. The molecule has 0 atom stereocenters. The molecule has 1 heterocycles. The second-order valence-corrected chi connectivity index (χ2v) is 11.0. The van der Waals surface area contributed by atoms with Crippen LogP contribution in [-0.2, 0) is 23.0 Å². The molecule has 37 heavy (non-hydrogen) atoms. The van der Waals surface area contributed by atoms with Crippen LogP contribution in [0.15, 0.2) is 90.1 Å². The van der Waals surface area contributed by atoms with E-state index >= 15 is 0 Å². The second kappa shape index (κ2) is 11.7. The van der Waals surface area contributed by atoms with E-state index in [0.29, 0.717) is 34.1 Å². The standard InChI is InChI=1S/C27H24Cl2N4O3S/c1-19-3-11-24(12-4-19)37(35,36)33(27-31-14-2-15-32-27)18-20-5-7-22(8-6-20)26(34)30-16-13-21-9-10-23(28)17-25(21)29/h2-12,14-15,17H,13,16,18H2,1H3,(H,30,34). The van der Waals surface area contributed by atoms with Gasteiger partial charge in [-0.05, 0) is 66.9 Å². The Balaban J connectivity index is 1.47. The van der Waals surface area contributed by atoms with Crippen molar-refractivity contribution in [3.05, 3.63) is 117 Å². The van der Waals surface area contributed by atoms with Crippen LogP contribution in [0.2, 0.25) is 10.0 Å². The van der Waals surface area contributed by atoms with Crippen molar-refractivity contribution in [3.63, 3.8) is 0 Å². The summed E-state index contributed by atoms with van der Waals surface area (Å²) in [5, 5.41) is 3.98. The smallest absolute Gasteiger partial charge is 0.266 e. The highest BCUT2D eigenvalue weighted by atomic mass is 35.5. The van der Waals surface area contributed by atoms with Gasteiger partial charge in [-0.1, -0.05) is 59.1 Å². The van der Waals surface area contributed by atoms with Crippen LogP contribution in [0, 0.1) is 6.92 Å². The topological polar surface area (TPSA) is 92.3 Å². The highest BCUT2D eigenvalue weighted by Gasteiger charge is 2.27. The molecule has 1 amide bonds. The van der Waals surface area contributed by atoms with Crippen molar-refractivity contribution in [2.24, 2.45) is 0 Å². The molecule has 3 aromatic carbocycles. The first-order chi connectivity index (χ1) is 17.7. The molecule has 0 aliphatic rings. The molecule has 0 bridgehead atoms. The molecule has 0 radical (unpaired) electrons. The maximum Gasteiger partial charge on any atom is 0.266 e. The normalized spacial score (nSPS) is 11.2. The Morgan fingerprint density at radius 1 is 0.946 bits per heavy atom. The number of carbonyl (C=O) groups is 1. The molecule has 7 nitrogen and oxygen atoms in total. The summed E-state index contributed by atoms with van der Waals surface area (Å²) in [6.45, 7) is 2.28. The quantitative estimate of drug-likeness (QED) is 0.296. The van der Waals surface area contributed by atoms with Crippen LogP contribution in [0.4, 0.5) is 5.95 Å². The van der Waals surface area contributed by atoms with Crippen LogP contribution in [0.1, 0.15) is 27.0 Å². The average molecular weight is 555 g/mol. The highest BCUT2D eigenvalue weighted by Crippen LogP contribution is 2.24. The van der Waals surface area contributed by atoms with Gasteiger partial charge in [-0.15, -0.1) is 0 Å². The Labute approximate surface area is 226 Å². The van der Waals surface area contributed by atoms with Crippen LogP contribution in [0.5, 0.6) is 0 Å². The van der Waals surface area contributed by atoms with Crippen molar-refractivity contribution in [2.75, 3.05) is 10.8 Å². The Hall–Kier alpha value is -3.46. The number of rotatable bonds is 9. The minimum atomic E-state index is -3.93. The average Bonchev–Trinajstić information content (AvgIpc) is 2.89. The predicted molar refractivity (Wildman–Crippen MR) is 146 cm³/mol. The number of carbonyl (C=O) groups excluding carboxylic acids is 1. The highest BCUT2D eigenvalue weighted by molar-refractivity contribution is 7.92. The van der Waals surface area contributed by atoms with Crippen LogP contribution in [-0.4, -0.2) is 30.8 Å². The van der Waals surface area contributed by atoms with E-state index < -0.39 is 10.0 Å². The molecule has 0 spiro atoms. The Bertz CT molecular complexity index is 1480. The number of aryl methyl sites for hydroxylation is 1. The van der Waals surface area contributed by atoms with Gasteiger partial charge in [0, 0.05) is 34.5 Å². The van der Waals surface area contributed by atoms with Crippen LogP contribution < -0.4 is 9.62 Å². The molecule has 1 N–H and O–H groups in total. The Morgan fingerprint density at radius 2 is 1.62 bits per heavy atom. The number of nitrogens with zero attached hydrogens (tertiary/aromatic N) is 3. The van der Waals surface area contributed by atoms with E-state index in [1.54, 1.807) is 66.7 Å².